The number of hydrogen-bond donors (Lipinski definition) is 0. The normalized spacial score (nSPS) is 10.6. The first-order valence-electron chi connectivity index (χ1n) is 7.16. The number of ether oxygens (including phenoxy) is 2. The Labute approximate surface area is 142 Å². The Morgan fingerprint density at radius 2 is 2.12 bits per heavy atom. The molecular formula is C17H14ClNO5. The fraction of sp³-hybridized carbons (Fsp3) is 0.176. The summed E-state index contributed by atoms with van der Waals surface area (Å²) in [6.07, 6.45) is 1.54. The Balaban J connectivity index is 1.49. The van der Waals surface area contributed by atoms with Crippen LogP contribution < -0.4 is 4.74 Å². The maximum Gasteiger partial charge on any atom is 0.344 e. The number of benzene rings is 1. The van der Waals surface area contributed by atoms with Crippen molar-refractivity contribution in [3.05, 3.63) is 58.9 Å². The molecule has 7 heteroatoms. The molecule has 0 N–H and O–H groups in total. The predicted octanol–water partition coefficient (Wildman–Crippen LogP) is 4.02. The summed E-state index contributed by atoms with van der Waals surface area (Å²) in [7, 11) is 0. The van der Waals surface area contributed by atoms with Crippen molar-refractivity contribution in [2.24, 2.45) is 0 Å². The van der Waals surface area contributed by atoms with Gasteiger partial charge in [-0.3, -0.25) is 0 Å². The summed E-state index contributed by atoms with van der Waals surface area (Å²) in [4.78, 5) is 11.8. The molecule has 1 aromatic carbocycles. The van der Waals surface area contributed by atoms with E-state index >= 15 is 0 Å². The number of rotatable bonds is 6. The van der Waals surface area contributed by atoms with Gasteiger partial charge >= 0.3 is 5.97 Å². The van der Waals surface area contributed by atoms with Crippen LogP contribution >= 0.6 is 11.6 Å². The highest BCUT2D eigenvalue weighted by Crippen LogP contribution is 2.22. The van der Waals surface area contributed by atoms with Gasteiger partial charge in [-0.15, -0.1) is 0 Å². The number of hydrogen-bond acceptors (Lipinski definition) is 6. The number of nitrogens with zero attached hydrogens (tertiary/aromatic N) is 1. The van der Waals surface area contributed by atoms with Gasteiger partial charge in [0.25, 0.3) is 0 Å². The third-order valence-electron chi connectivity index (χ3n) is 3.19. The Hall–Kier alpha value is -2.73. The van der Waals surface area contributed by atoms with E-state index in [-0.39, 0.29) is 13.2 Å². The Bertz CT molecular complexity index is 825. The van der Waals surface area contributed by atoms with Gasteiger partial charge in [0, 0.05) is 11.1 Å². The number of carbonyl (C=O) groups excluding carboxylic acids is 1. The molecule has 6 nitrogen and oxygen atoms in total. The molecule has 0 saturated carbocycles. The van der Waals surface area contributed by atoms with Crippen molar-refractivity contribution in [2.45, 2.75) is 13.5 Å². The van der Waals surface area contributed by atoms with Gasteiger partial charge in [0.15, 0.2) is 12.4 Å². The third kappa shape index (κ3) is 3.97. The van der Waals surface area contributed by atoms with Gasteiger partial charge in [-0.25, -0.2) is 4.79 Å². The van der Waals surface area contributed by atoms with E-state index in [2.05, 4.69) is 5.16 Å². The van der Waals surface area contributed by atoms with E-state index in [0.29, 0.717) is 28.0 Å². The molecule has 0 unspecified atom stereocenters. The van der Waals surface area contributed by atoms with Gasteiger partial charge in [0.05, 0.1) is 6.26 Å². The summed E-state index contributed by atoms with van der Waals surface area (Å²) in [6.45, 7) is 1.63. The standard InChI is InChI=1S/C17H14ClNO5/c1-11-7-12(18)4-5-14(11)22-10-17(20)23-9-13-8-16(24-19-13)15-3-2-6-21-15/h2-8H,9-10H2,1H3. The average molecular weight is 348 g/mol. The van der Waals surface area contributed by atoms with Crippen LogP contribution in [0.25, 0.3) is 11.5 Å². The molecule has 0 bridgehead atoms. The minimum absolute atomic E-state index is 0.00793. The lowest BCUT2D eigenvalue weighted by Crippen LogP contribution is -2.15. The molecular weight excluding hydrogens is 334 g/mol. The first kappa shape index (κ1) is 16.1. The van der Waals surface area contributed by atoms with Crippen LogP contribution in [0.15, 0.2) is 51.6 Å². The van der Waals surface area contributed by atoms with Crippen LogP contribution in [0.4, 0.5) is 0 Å². The minimum Gasteiger partial charge on any atom is -0.482 e. The van der Waals surface area contributed by atoms with Crippen LogP contribution in [-0.2, 0) is 16.1 Å². The average Bonchev–Trinajstić information content (AvgIpc) is 3.23. The van der Waals surface area contributed by atoms with Crippen LogP contribution in [0.3, 0.4) is 0 Å². The summed E-state index contributed by atoms with van der Waals surface area (Å²) < 4.78 is 20.8. The number of furan rings is 1. The second-order valence-electron chi connectivity index (χ2n) is 5.02. The fourth-order valence-electron chi connectivity index (χ4n) is 2.02. The minimum atomic E-state index is -0.508. The molecule has 24 heavy (non-hydrogen) atoms. The number of aryl methyl sites for hydroxylation is 1. The molecule has 3 rings (SSSR count). The van der Waals surface area contributed by atoms with Gasteiger partial charge in [-0.1, -0.05) is 16.8 Å². The van der Waals surface area contributed by atoms with E-state index in [4.69, 9.17) is 30.0 Å². The van der Waals surface area contributed by atoms with E-state index in [9.17, 15) is 4.79 Å². The van der Waals surface area contributed by atoms with Crippen molar-refractivity contribution in [3.63, 3.8) is 0 Å². The highest BCUT2D eigenvalue weighted by molar-refractivity contribution is 6.30. The molecule has 0 saturated heterocycles. The van der Waals surface area contributed by atoms with Gasteiger partial charge < -0.3 is 18.4 Å². The van der Waals surface area contributed by atoms with E-state index in [1.54, 1.807) is 36.4 Å². The Morgan fingerprint density at radius 1 is 1.25 bits per heavy atom. The highest BCUT2D eigenvalue weighted by atomic mass is 35.5. The molecule has 2 aromatic heterocycles. The smallest absolute Gasteiger partial charge is 0.344 e. The molecule has 0 aliphatic rings. The topological polar surface area (TPSA) is 74.7 Å². The first-order valence-corrected chi connectivity index (χ1v) is 7.53. The second-order valence-corrected chi connectivity index (χ2v) is 5.46. The molecule has 0 amide bonds. The second kappa shape index (κ2) is 7.23. The molecule has 0 fully saturated rings. The van der Waals surface area contributed by atoms with Crippen LogP contribution in [0, 0.1) is 6.92 Å². The van der Waals surface area contributed by atoms with Crippen LogP contribution in [0.5, 0.6) is 5.75 Å². The van der Waals surface area contributed by atoms with Crippen molar-refractivity contribution in [3.8, 4) is 17.3 Å². The Kier molecular flexibility index (Phi) is 4.86. The van der Waals surface area contributed by atoms with Crippen LogP contribution in [0.2, 0.25) is 5.02 Å². The molecule has 0 spiro atoms. The zero-order valence-corrected chi connectivity index (χ0v) is 13.6. The van der Waals surface area contributed by atoms with Crippen LogP contribution in [0.1, 0.15) is 11.3 Å². The van der Waals surface area contributed by atoms with E-state index < -0.39 is 5.97 Å². The van der Waals surface area contributed by atoms with Crippen molar-refractivity contribution < 1.29 is 23.2 Å². The molecule has 0 aliphatic heterocycles. The fourth-order valence-corrected chi connectivity index (χ4v) is 2.25. The molecule has 0 radical (unpaired) electrons. The lowest BCUT2D eigenvalue weighted by atomic mass is 10.2. The molecule has 0 atom stereocenters. The number of aromatic nitrogens is 1. The summed E-state index contributed by atoms with van der Waals surface area (Å²) in [5, 5.41) is 4.43. The van der Waals surface area contributed by atoms with Gasteiger partial charge in [-0.2, -0.15) is 0 Å². The largest absolute Gasteiger partial charge is 0.482 e. The van der Waals surface area contributed by atoms with Gasteiger partial charge in [0.2, 0.25) is 5.76 Å². The van der Waals surface area contributed by atoms with E-state index in [1.807, 2.05) is 6.92 Å². The third-order valence-corrected chi connectivity index (χ3v) is 3.42. The maximum absolute atomic E-state index is 11.8. The first-order chi connectivity index (χ1) is 11.6. The van der Waals surface area contributed by atoms with Crippen LogP contribution in [-0.4, -0.2) is 17.7 Å². The van der Waals surface area contributed by atoms with E-state index in [0.717, 1.165) is 5.56 Å². The molecule has 0 aliphatic carbocycles. The van der Waals surface area contributed by atoms with Crippen molar-refractivity contribution in [1.29, 1.82) is 0 Å². The van der Waals surface area contributed by atoms with Gasteiger partial charge in [-0.05, 0) is 42.8 Å². The SMILES string of the molecule is Cc1cc(Cl)ccc1OCC(=O)OCc1cc(-c2ccco2)on1. The van der Waals surface area contributed by atoms with Gasteiger partial charge in [0.1, 0.15) is 18.1 Å². The number of esters is 1. The van der Waals surface area contributed by atoms with Crippen molar-refractivity contribution >= 4 is 17.6 Å². The lowest BCUT2D eigenvalue weighted by molar-refractivity contribution is -0.147. The zero-order chi connectivity index (χ0) is 16.9. The number of carbonyl (C=O) groups is 1. The molecule has 3 aromatic rings. The lowest BCUT2D eigenvalue weighted by Gasteiger charge is -2.08. The van der Waals surface area contributed by atoms with Crippen molar-refractivity contribution in [2.75, 3.05) is 6.61 Å². The monoisotopic (exact) mass is 347 g/mol. The zero-order valence-electron chi connectivity index (χ0n) is 12.8. The summed E-state index contributed by atoms with van der Waals surface area (Å²) in [5.74, 6) is 1.10. The summed E-state index contributed by atoms with van der Waals surface area (Å²) in [5.41, 5.74) is 1.33. The summed E-state index contributed by atoms with van der Waals surface area (Å²) in [6, 6.07) is 10.3. The maximum atomic E-state index is 11.8. The quantitative estimate of drug-likeness (QED) is 0.627. The number of halogens is 1. The van der Waals surface area contributed by atoms with Crippen molar-refractivity contribution in [1.82, 2.24) is 5.16 Å². The van der Waals surface area contributed by atoms with E-state index in [1.165, 1.54) is 6.26 Å². The molecule has 2 heterocycles. The summed E-state index contributed by atoms with van der Waals surface area (Å²) >= 11 is 5.87. The molecule has 124 valence electrons. The highest BCUT2D eigenvalue weighted by Gasteiger charge is 2.12. The predicted molar refractivity (Wildman–Crippen MR) is 85.7 cm³/mol. The Morgan fingerprint density at radius 3 is 2.88 bits per heavy atom.